The van der Waals surface area contributed by atoms with E-state index in [9.17, 15) is 13.2 Å². The third kappa shape index (κ3) is 6.37. The number of sulfonamides is 1. The highest BCUT2D eigenvalue weighted by Crippen LogP contribution is 2.45. The van der Waals surface area contributed by atoms with Gasteiger partial charge < -0.3 is 9.47 Å². The van der Waals surface area contributed by atoms with Crippen LogP contribution >= 0.6 is 15.9 Å². The summed E-state index contributed by atoms with van der Waals surface area (Å²) < 4.78 is 31.4. The van der Waals surface area contributed by atoms with E-state index in [-0.39, 0.29) is 16.2 Å². The van der Waals surface area contributed by atoms with E-state index < -0.39 is 10.0 Å². The molecule has 1 unspecified atom stereocenters. The number of carbonyl (C=O) groups excluding carboxylic acids is 1. The summed E-state index contributed by atoms with van der Waals surface area (Å²) in [6, 6.07) is 26.0. The van der Waals surface area contributed by atoms with Crippen molar-refractivity contribution < 1.29 is 13.2 Å². The lowest BCUT2D eigenvalue weighted by molar-refractivity contribution is 0.0606. The molecule has 8 nitrogen and oxygen atoms in total. The summed E-state index contributed by atoms with van der Waals surface area (Å²) in [6.07, 6.45) is 8.36. The average Bonchev–Trinajstić information content (AvgIpc) is 3.56. The molecule has 1 N–H and O–H groups in total. The van der Waals surface area contributed by atoms with Gasteiger partial charge in [-0.25, -0.2) is 18.1 Å². The number of halogens is 1. The monoisotopic (exact) mass is 731 g/mol. The van der Waals surface area contributed by atoms with Gasteiger partial charge in [-0.3, -0.25) is 9.69 Å². The zero-order valence-electron chi connectivity index (χ0n) is 27.9. The number of rotatable bonds is 10. The molecule has 7 rings (SSSR count). The molecule has 1 aromatic heterocycles. The molecule has 48 heavy (non-hydrogen) atoms. The number of aromatic nitrogens is 2. The average molecular weight is 733 g/mol. The van der Waals surface area contributed by atoms with Crippen molar-refractivity contribution in [1.29, 1.82) is 0 Å². The Morgan fingerprint density at radius 2 is 1.65 bits per heavy atom. The molecule has 3 saturated heterocycles. The van der Waals surface area contributed by atoms with Gasteiger partial charge in [0, 0.05) is 47.8 Å². The van der Waals surface area contributed by atoms with Gasteiger partial charge in [0.25, 0.3) is 5.91 Å². The molecule has 254 valence electrons. The van der Waals surface area contributed by atoms with Gasteiger partial charge in [-0.2, -0.15) is 0 Å². The lowest BCUT2D eigenvalue weighted by Gasteiger charge is -2.45. The van der Waals surface area contributed by atoms with E-state index in [1.807, 2.05) is 11.8 Å². The van der Waals surface area contributed by atoms with Crippen molar-refractivity contribution in [3.05, 3.63) is 94.2 Å². The van der Waals surface area contributed by atoms with Crippen LogP contribution in [0.3, 0.4) is 0 Å². The maximum atomic E-state index is 13.8. The number of aryl methyl sites for hydroxylation is 1. The van der Waals surface area contributed by atoms with Crippen molar-refractivity contribution in [1.82, 2.24) is 24.1 Å². The van der Waals surface area contributed by atoms with Gasteiger partial charge in [-0.1, -0.05) is 49.4 Å². The van der Waals surface area contributed by atoms with Gasteiger partial charge in [-0.05, 0) is 122 Å². The van der Waals surface area contributed by atoms with Gasteiger partial charge in [0.2, 0.25) is 10.0 Å². The van der Waals surface area contributed by atoms with Crippen molar-refractivity contribution in [3.63, 3.8) is 0 Å². The second kappa shape index (κ2) is 13.7. The molecular weight excluding hydrogens is 686 g/mol. The number of amides is 1. The van der Waals surface area contributed by atoms with Crippen molar-refractivity contribution in [2.24, 2.45) is 0 Å². The Morgan fingerprint density at radius 1 is 0.958 bits per heavy atom. The minimum absolute atomic E-state index is 0.0102. The lowest BCUT2D eigenvalue weighted by Crippen LogP contribution is -2.49. The van der Waals surface area contributed by atoms with Crippen LogP contribution in [0.4, 0.5) is 0 Å². The predicted molar refractivity (Wildman–Crippen MR) is 194 cm³/mol. The number of nitrogens with zero attached hydrogens (tertiary/aromatic N) is 4. The molecule has 4 aromatic rings. The first-order chi connectivity index (χ1) is 23.2. The Labute approximate surface area is 293 Å². The van der Waals surface area contributed by atoms with Crippen LogP contribution in [0.5, 0.6) is 0 Å². The lowest BCUT2D eigenvalue weighted by atomic mass is 9.70. The number of imidazole rings is 1. The van der Waals surface area contributed by atoms with Gasteiger partial charge in [0.05, 0.1) is 15.9 Å². The minimum atomic E-state index is -3.72. The number of para-hydroxylation sites is 2. The standard InChI is InChI=1S/C38H46BrN5O3S/c1-3-20-40-48(46,47)36-24-28(13-16-33(36)39)37(45)42-21-17-38(18-22-42,29-9-5-4-6-10-29)19-23-43-30-14-15-31(43)26-32(25-30)44-27(2)41-34-11-7-8-12-35(34)44/h4-13,16,24,30-32,40H,3,14-15,17-23,25-26H2,1-2H3/t30-,31+,32?. The predicted octanol–water partition coefficient (Wildman–Crippen LogP) is 7.23. The third-order valence-corrected chi connectivity index (χ3v) is 13.7. The van der Waals surface area contributed by atoms with Crippen LogP contribution in [-0.2, 0) is 15.4 Å². The van der Waals surface area contributed by atoms with Crippen LogP contribution in [-0.4, -0.2) is 71.9 Å². The van der Waals surface area contributed by atoms with Gasteiger partial charge in [0.1, 0.15) is 5.82 Å². The zero-order chi connectivity index (χ0) is 33.5. The zero-order valence-corrected chi connectivity index (χ0v) is 30.3. The number of benzene rings is 3. The molecule has 0 radical (unpaired) electrons. The number of piperidine rings is 2. The molecule has 4 heterocycles. The molecule has 2 bridgehead atoms. The molecule has 3 atom stereocenters. The Balaban J connectivity index is 1.05. The minimum Gasteiger partial charge on any atom is -0.339 e. The smallest absolute Gasteiger partial charge is 0.253 e. The number of nitrogens with one attached hydrogen (secondary N) is 1. The molecule has 0 spiro atoms. The largest absolute Gasteiger partial charge is 0.339 e. The molecule has 1 amide bonds. The van der Waals surface area contributed by atoms with E-state index in [1.54, 1.807) is 12.1 Å². The molecule has 3 aliphatic heterocycles. The van der Waals surface area contributed by atoms with E-state index in [0.717, 1.165) is 50.0 Å². The molecule has 0 aliphatic carbocycles. The third-order valence-electron chi connectivity index (χ3n) is 11.2. The topological polar surface area (TPSA) is 87.5 Å². The van der Waals surface area contributed by atoms with Crippen molar-refractivity contribution >= 4 is 42.9 Å². The molecule has 0 saturated carbocycles. The summed E-state index contributed by atoms with van der Waals surface area (Å²) in [6.45, 7) is 6.76. The Hall–Kier alpha value is -3.05. The number of hydrogen-bond acceptors (Lipinski definition) is 5. The van der Waals surface area contributed by atoms with Crippen molar-refractivity contribution in [2.45, 2.75) is 93.7 Å². The first-order valence-corrected chi connectivity index (χ1v) is 19.8. The normalized spacial score (nSPS) is 22.7. The Morgan fingerprint density at radius 3 is 2.35 bits per heavy atom. The fraction of sp³-hybridized carbons (Fsp3) is 0.474. The van der Waals surface area contributed by atoms with E-state index in [4.69, 9.17) is 4.98 Å². The van der Waals surface area contributed by atoms with Crippen molar-refractivity contribution in [3.8, 4) is 0 Å². The van der Waals surface area contributed by atoms with Gasteiger partial charge >= 0.3 is 0 Å². The number of carbonyl (C=O) groups is 1. The molecule has 3 aliphatic rings. The molecule has 10 heteroatoms. The number of fused-ring (bicyclic) bond motifs is 3. The van der Waals surface area contributed by atoms with Crippen LogP contribution < -0.4 is 4.72 Å². The summed E-state index contributed by atoms with van der Waals surface area (Å²) in [5.41, 5.74) is 4.10. The molecule has 3 aromatic carbocycles. The van der Waals surface area contributed by atoms with Gasteiger partial charge in [-0.15, -0.1) is 0 Å². The summed E-state index contributed by atoms with van der Waals surface area (Å²) in [7, 11) is -3.72. The quantitative estimate of drug-likeness (QED) is 0.186. The summed E-state index contributed by atoms with van der Waals surface area (Å²) in [5, 5.41) is 0. The van der Waals surface area contributed by atoms with E-state index in [0.29, 0.717) is 54.2 Å². The van der Waals surface area contributed by atoms with E-state index in [2.05, 4.69) is 91.6 Å². The number of hydrogen-bond donors (Lipinski definition) is 1. The Bertz CT molecular complexity index is 1870. The maximum absolute atomic E-state index is 13.8. The first kappa shape index (κ1) is 33.4. The van der Waals surface area contributed by atoms with E-state index in [1.165, 1.54) is 30.0 Å². The fourth-order valence-corrected chi connectivity index (χ4v) is 10.9. The second-order valence-corrected chi connectivity index (χ2v) is 16.6. The molecule has 3 fully saturated rings. The summed E-state index contributed by atoms with van der Waals surface area (Å²) in [4.78, 5) is 23.5. The highest BCUT2D eigenvalue weighted by Gasteiger charge is 2.44. The molecular formula is C38H46BrN5O3S. The van der Waals surface area contributed by atoms with Crippen LogP contribution in [0.2, 0.25) is 0 Å². The SMILES string of the molecule is CCCNS(=O)(=O)c1cc(C(=O)N2CCC(CCN3[C@@H]4CC[C@H]3CC(n3c(C)nc5ccccc53)C4)(c3ccccc3)CC2)ccc1Br. The Kier molecular flexibility index (Phi) is 9.54. The van der Waals surface area contributed by atoms with Crippen LogP contribution in [0.15, 0.2) is 82.2 Å². The highest BCUT2D eigenvalue weighted by atomic mass is 79.9. The van der Waals surface area contributed by atoms with Crippen LogP contribution in [0, 0.1) is 6.92 Å². The van der Waals surface area contributed by atoms with Crippen LogP contribution in [0.25, 0.3) is 11.0 Å². The highest BCUT2D eigenvalue weighted by molar-refractivity contribution is 9.10. The first-order valence-electron chi connectivity index (χ1n) is 17.5. The summed E-state index contributed by atoms with van der Waals surface area (Å²) >= 11 is 3.38. The number of likely N-dealkylation sites (tertiary alicyclic amines) is 1. The van der Waals surface area contributed by atoms with Crippen molar-refractivity contribution in [2.75, 3.05) is 26.2 Å². The van der Waals surface area contributed by atoms with Gasteiger partial charge in [0.15, 0.2) is 0 Å². The fourth-order valence-electron chi connectivity index (χ4n) is 8.74. The second-order valence-electron chi connectivity index (χ2n) is 14.0. The van der Waals surface area contributed by atoms with Crippen LogP contribution in [0.1, 0.15) is 86.1 Å². The summed E-state index contributed by atoms with van der Waals surface area (Å²) in [5.74, 6) is 1.01. The maximum Gasteiger partial charge on any atom is 0.253 e. The van der Waals surface area contributed by atoms with E-state index >= 15 is 0 Å².